The van der Waals surface area contributed by atoms with E-state index in [1.54, 1.807) is 0 Å². The van der Waals surface area contributed by atoms with E-state index < -0.39 is 8.32 Å². The van der Waals surface area contributed by atoms with Crippen LogP contribution >= 0.6 is 0 Å². The van der Waals surface area contributed by atoms with Crippen molar-refractivity contribution in [3.05, 3.63) is 46.3 Å². The van der Waals surface area contributed by atoms with Gasteiger partial charge in [0.1, 0.15) is 11.6 Å². The Morgan fingerprint density at radius 3 is 2.57 bits per heavy atom. The lowest BCUT2D eigenvalue weighted by atomic mass is 9.97. The number of aromatic amines is 1. The van der Waals surface area contributed by atoms with E-state index in [2.05, 4.69) is 41.8 Å². The smallest absolute Gasteiger partial charge is 0.242 e. The first-order valence-electron chi connectivity index (χ1n) is 7.31. The lowest BCUT2D eigenvalue weighted by Gasteiger charge is -2.25. The quantitative estimate of drug-likeness (QED) is 0.838. The Kier molecular flexibility index (Phi) is 4.54. The van der Waals surface area contributed by atoms with Gasteiger partial charge in [0.15, 0.2) is 0 Å². The predicted molar refractivity (Wildman–Crippen MR) is 90.3 cm³/mol. The molecular weight excluding hydrogens is 278 g/mol. The molecular formula is C16H25N3OSi. The average Bonchev–Trinajstić information content (AvgIpc) is 2.68. The highest BCUT2D eigenvalue weighted by atomic mass is 28.4. The van der Waals surface area contributed by atoms with Crippen LogP contribution in [0.2, 0.25) is 19.6 Å². The van der Waals surface area contributed by atoms with Crippen LogP contribution in [0.25, 0.3) is 6.08 Å². The Hall–Kier alpha value is -1.59. The van der Waals surface area contributed by atoms with Gasteiger partial charge in [0.05, 0.1) is 5.69 Å². The molecule has 0 aromatic carbocycles. The van der Waals surface area contributed by atoms with Gasteiger partial charge in [-0.25, -0.2) is 4.98 Å². The molecule has 0 amide bonds. The molecule has 2 rings (SSSR count). The number of nitrogens with two attached hydrogens (primary N) is 1. The summed E-state index contributed by atoms with van der Waals surface area (Å²) in [5, 5.41) is 0. The van der Waals surface area contributed by atoms with Crippen LogP contribution in [-0.4, -0.2) is 24.8 Å². The monoisotopic (exact) mass is 303 g/mol. The molecule has 4 nitrogen and oxygen atoms in total. The molecule has 1 aliphatic rings. The van der Waals surface area contributed by atoms with Gasteiger partial charge in [-0.3, -0.25) is 0 Å². The van der Waals surface area contributed by atoms with Gasteiger partial charge in [-0.05, 0) is 63.2 Å². The van der Waals surface area contributed by atoms with Gasteiger partial charge in [0, 0.05) is 12.2 Å². The van der Waals surface area contributed by atoms with Gasteiger partial charge >= 0.3 is 0 Å². The van der Waals surface area contributed by atoms with E-state index in [9.17, 15) is 0 Å². The lowest BCUT2D eigenvalue weighted by molar-refractivity contribution is 0.430. The molecule has 3 N–H and O–H groups in total. The van der Waals surface area contributed by atoms with E-state index in [4.69, 9.17) is 10.2 Å². The Balaban J connectivity index is 2.23. The molecule has 1 aromatic heterocycles. The summed E-state index contributed by atoms with van der Waals surface area (Å²) in [4.78, 5) is 7.72. The molecule has 1 aromatic rings. The zero-order chi connectivity index (χ0) is 15.6. The summed E-state index contributed by atoms with van der Waals surface area (Å²) in [6, 6.07) is 0. The summed E-state index contributed by atoms with van der Waals surface area (Å²) in [6.45, 7) is 11.1. The van der Waals surface area contributed by atoms with Crippen molar-refractivity contribution in [3.63, 3.8) is 0 Å². The van der Waals surface area contributed by atoms with Crippen molar-refractivity contribution in [2.45, 2.75) is 39.9 Å². The van der Waals surface area contributed by atoms with E-state index in [0.717, 1.165) is 35.0 Å². The molecule has 0 saturated heterocycles. The van der Waals surface area contributed by atoms with Crippen LogP contribution in [-0.2, 0) is 4.43 Å². The Morgan fingerprint density at radius 2 is 2.05 bits per heavy atom. The molecule has 1 heterocycles. The molecule has 21 heavy (non-hydrogen) atoms. The summed E-state index contributed by atoms with van der Waals surface area (Å²) in [7, 11) is -1.61. The number of rotatable bonds is 4. The number of nitrogens with zero attached hydrogens (tertiary/aromatic N) is 1. The summed E-state index contributed by atoms with van der Waals surface area (Å²) in [5.74, 6) is 1.90. The van der Waals surface area contributed by atoms with Gasteiger partial charge in [0.2, 0.25) is 8.32 Å². The molecule has 0 bridgehead atoms. The molecule has 0 spiro atoms. The van der Waals surface area contributed by atoms with Crippen LogP contribution in [0, 0.1) is 13.8 Å². The summed E-state index contributed by atoms with van der Waals surface area (Å²) >= 11 is 0. The van der Waals surface area contributed by atoms with Crippen LogP contribution in [0.1, 0.15) is 23.6 Å². The molecule has 1 aliphatic carbocycles. The summed E-state index contributed by atoms with van der Waals surface area (Å²) < 4.78 is 6.11. The molecule has 0 aliphatic heterocycles. The largest absolute Gasteiger partial charge is 0.544 e. The van der Waals surface area contributed by atoms with E-state index in [0.29, 0.717) is 6.54 Å². The van der Waals surface area contributed by atoms with Crippen molar-refractivity contribution >= 4 is 14.4 Å². The maximum atomic E-state index is 6.11. The third-order valence-electron chi connectivity index (χ3n) is 3.24. The van der Waals surface area contributed by atoms with E-state index in [1.165, 1.54) is 5.57 Å². The minimum atomic E-state index is -1.61. The standard InChI is InChI=1S/C16H25N3OSi/c1-11-15(19-12(2)18-11)9-13-6-7-16(14(8-13)10-17)20-21(3,4)5/h6-7,9H,8,10,17H2,1-5H3,(H,18,19). The lowest BCUT2D eigenvalue weighted by Crippen LogP contribution is -2.26. The van der Waals surface area contributed by atoms with Crippen LogP contribution in [0.4, 0.5) is 0 Å². The molecule has 0 unspecified atom stereocenters. The highest BCUT2D eigenvalue weighted by molar-refractivity contribution is 6.70. The maximum Gasteiger partial charge on any atom is 0.242 e. The maximum absolute atomic E-state index is 6.11. The fourth-order valence-electron chi connectivity index (χ4n) is 2.34. The first-order valence-corrected chi connectivity index (χ1v) is 10.7. The zero-order valence-electron chi connectivity index (χ0n) is 13.6. The van der Waals surface area contributed by atoms with Crippen molar-refractivity contribution in [3.8, 4) is 0 Å². The topological polar surface area (TPSA) is 63.9 Å². The molecule has 0 atom stereocenters. The molecule has 5 heteroatoms. The van der Waals surface area contributed by atoms with E-state index in [1.807, 2.05) is 19.9 Å². The van der Waals surface area contributed by atoms with Crippen molar-refractivity contribution < 1.29 is 4.43 Å². The van der Waals surface area contributed by atoms with Crippen LogP contribution in [0.3, 0.4) is 0 Å². The van der Waals surface area contributed by atoms with Gasteiger partial charge < -0.3 is 15.1 Å². The summed E-state index contributed by atoms with van der Waals surface area (Å²) in [5.41, 5.74) is 10.4. The van der Waals surface area contributed by atoms with Gasteiger partial charge in [-0.15, -0.1) is 0 Å². The highest BCUT2D eigenvalue weighted by Gasteiger charge is 2.20. The normalized spacial score (nSPS) is 17.7. The van der Waals surface area contributed by atoms with Gasteiger partial charge in [0.25, 0.3) is 0 Å². The number of nitrogens with one attached hydrogen (secondary N) is 1. The number of aromatic nitrogens is 2. The zero-order valence-corrected chi connectivity index (χ0v) is 14.6. The summed E-state index contributed by atoms with van der Waals surface area (Å²) in [6.07, 6.45) is 7.11. The Bertz CT molecular complexity index is 618. The average molecular weight is 303 g/mol. The van der Waals surface area contributed by atoms with Gasteiger partial charge in [-0.1, -0.05) is 6.08 Å². The van der Waals surface area contributed by atoms with Crippen molar-refractivity contribution in [2.24, 2.45) is 5.73 Å². The second kappa shape index (κ2) is 6.03. The highest BCUT2D eigenvalue weighted by Crippen LogP contribution is 2.27. The van der Waals surface area contributed by atoms with Crippen molar-refractivity contribution in [1.82, 2.24) is 9.97 Å². The third-order valence-corrected chi connectivity index (χ3v) is 4.07. The second-order valence-electron chi connectivity index (χ2n) is 6.45. The SMILES string of the molecule is Cc1nc(C=C2C=CC(O[Si](C)(C)C)=C(CN)C2)c(C)[nH]1. The number of allylic oxidation sites excluding steroid dienone is 3. The second-order valence-corrected chi connectivity index (χ2v) is 10.9. The van der Waals surface area contributed by atoms with E-state index in [-0.39, 0.29) is 0 Å². The van der Waals surface area contributed by atoms with Crippen molar-refractivity contribution in [1.29, 1.82) is 0 Å². The number of hydrogen-bond acceptors (Lipinski definition) is 3. The Morgan fingerprint density at radius 1 is 1.33 bits per heavy atom. The molecule has 0 fully saturated rings. The fourth-order valence-corrected chi connectivity index (χ4v) is 3.22. The third kappa shape index (κ3) is 4.19. The number of imidazole rings is 1. The van der Waals surface area contributed by atoms with E-state index >= 15 is 0 Å². The first kappa shape index (κ1) is 15.8. The fraction of sp³-hybridized carbons (Fsp3) is 0.438. The minimum Gasteiger partial charge on any atom is -0.544 e. The molecule has 0 radical (unpaired) electrons. The van der Waals surface area contributed by atoms with Crippen LogP contribution < -0.4 is 5.73 Å². The first-order chi connectivity index (χ1) is 9.78. The minimum absolute atomic E-state index is 0.528. The molecule has 0 saturated carbocycles. The number of hydrogen-bond donors (Lipinski definition) is 2. The van der Waals surface area contributed by atoms with Crippen molar-refractivity contribution in [2.75, 3.05) is 6.54 Å². The Labute approximate surface area is 127 Å². The van der Waals surface area contributed by atoms with Crippen LogP contribution in [0.15, 0.2) is 29.1 Å². The number of aryl methyl sites for hydroxylation is 2. The van der Waals surface area contributed by atoms with Crippen LogP contribution in [0.5, 0.6) is 0 Å². The number of H-pyrrole nitrogens is 1. The molecule has 114 valence electrons. The van der Waals surface area contributed by atoms with Gasteiger partial charge in [-0.2, -0.15) is 0 Å². The predicted octanol–water partition coefficient (Wildman–Crippen LogP) is 3.43.